The summed E-state index contributed by atoms with van der Waals surface area (Å²) in [5.74, 6) is 1.72. The molecule has 1 atom stereocenters. The summed E-state index contributed by atoms with van der Waals surface area (Å²) in [4.78, 5) is 24.6. The van der Waals surface area contributed by atoms with Crippen molar-refractivity contribution in [2.24, 2.45) is 0 Å². The molecular weight excluding hydrogens is 392 g/mol. The normalized spacial score (nSPS) is 13.2. The van der Waals surface area contributed by atoms with Gasteiger partial charge in [-0.2, -0.15) is 0 Å². The molecule has 0 bridgehead atoms. The predicted molar refractivity (Wildman–Crippen MR) is 119 cm³/mol. The summed E-state index contributed by atoms with van der Waals surface area (Å²) in [5.41, 5.74) is 3.19. The van der Waals surface area contributed by atoms with Gasteiger partial charge in [0.2, 0.25) is 0 Å². The Labute approximate surface area is 180 Å². The number of hydrogen-bond acceptors (Lipinski definition) is 7. The minimum atomic E-state index is -0.111. The van der Waals surface area contributed by atoms with Gasteiger partial charge in [0.05, 0.1) is 5.69 Å². The highest BCUT2D eigenvalue weighted by molar-refractivity contribution is 6.04. The van der Waals surface area contributed by atoms with E-state index >= 15 is 0 Å². The van der Waals surface area contributed by atoms with Gasteiger partial charge in [0.25, 0.3) is 5.88 Å². The van der Waals surface area contributed by atoms with E-state index in [1.54, 1.807) is 18.3 Å². The molecule has 3 aromatic rings. The van der Waals surface area contributed by atoms with Crippen molar-refractivity contribution >= 4 is 11.6 Å². The molecule has 1 N–H and O–H groups in total. The van der Waals surface area contributed by atoms with Crippen LogP contribution >= 0.6 is 0 Å². The molecule has 1 aromatic carbocycles. The van der Waals surface area contributed by atoms with Gasteiger partial charge < -0.3 is 14.8 Å². The molecule has 7 nitrogen and oxygen atoms in total. The fourth-order valence-corrected chi connectivity index (χ4v) is 3.33. The first-order chi connectivity index (χ1) is 15.2. The van der Waals surface area contributed by atoms with Gasteiger partial charge in [0.1, 0.15) is 25.4 Å². The van der Waals surface area contributed by atoms with E-state index in [1.807, 2.05) is 30.3 Å². The number of rotatable bonds is 8. The van der Waals surface area contributed by atoms with E-state index in [0.717, 1.165) is 16.8 Å². The fourth-order valence-electron chi connectivity index (χ4n) is 3.33. The highest BCUT2D eigenvalue weighted by Gasteiger charge is 2.21. The summed E-state index contributed by atoms with van der Waals surface area (Å²) >= 11 is 0. The largest absolute Gasteiger partial charge is 0.484 e. The van der Waals surface area contributed by atoms with E-state index in [2.05, 4.69) is 33.4 Å². The molecule has 0 spiro atoms. The minimum absolute atomic E-state index is 0.0268. The Morgan fingerprint density at radius 3 is 2.68 bits per heavy atom. The summed E-state index contributed by atoms with van der Waals surface area (Å²) < 4.78 is 11.4. The van der Waals surface area contributed by atoms with E-state index in [0.29, 0.717) is 42.8 Å². The lowest BCUT2D eigenvalue weighted by atomic mass is 9.99. The van der Waals surface area contributed by atoms with E-state index in [1.165, 1.54) is 12.4 Å². The van der Waals surface area contributed by atoms with Gasteiger partial charge in [-0.15, -0.1) is 6.58 Å². The van der Waals surface area contributed by atoms with Crippen molar-refractivity contribution in [1.82, 2.24) is 15.0 Å². The van der Waals surface area contributed by atoms with Gasteiger partial charge >= 0.3 is 0 Å². The van der Waals surface area contributed by atoms with Crippen LogP contribution in [0.2, 0.25) is 0 Å². The molecule has 3 heterocycles. The minimum Gasteiger partial charge on any atom is -0.484 e. The van der Waals surface area contributed by atoms with Crippen LogP contribution in [0.3, 0.4) is 0 Å². The number of carbonyl (C=O) groups excluding carboxylic acids is 1. The third-order valence-electron chi connectivity index (χ3n) is 4.98. The van der Waals surface area contributed by atoms with Crippen LogP contribution in [0.25, 0.3) is 11.3 Å². The number of ketones is 1. The molecule has 0 unspecified atom stereocenters. The predicted octanol–water partition coefficient (Wildman–Crippen LogP) is 4.06. The van der Waals surface area contributed by atoms with Crippen LogP contribution in [0, 0.1) is 0 Å². The van der Waals surface area contributed by atoms with Crippen LogP contribution < -0.4 is 14.8 Å². The Hall–Kier alpha value is -4.00. The Morgan fingerprint density at radius 2 is 1.90 bits per heavy atom. The number of pyridine rings is 1. The first kappa shape index (κ1) is 20.3. The van der Waals surface area contributed by atoms with Gasteiger partial charge in [-0.1, -0.05) is 36.9 Å². The zero-order valence-electron chi connectivity index (χ0n) is 17.0. The van der Waals surface area contributed by atoms with Gasteiger partial charge in [-0.05, 0) is 12.1 Å². The van der Waals surface area contributed by atoms with E-state index in [4.69, 9.17) is 9.47 Å². The molecule has 0 aliphatic carbocycles. The maximum absolute atomic E-state index is 11.7. The second-order valence-electron chi connectivity index (χ2n) is 6.89. The molecule has 0 fully saturated rings. The molecular formula is C24H22N4O3. The van der Waals surface area contributed by atoms with Crippen molar-refractivity contribution < 1.29 is 14.3 Å². The van der Waals surface area contributed by atoms with Crippen molar-refractivity contribution in [1.29, 1.82) is 0 Å². The summed E-state index contributed by atoms with van der Waals surface area (Å²) in [6, 6.07) is 11.0. The third-order valence-corrected chi connectivity index (χ3v) is 4.98. The molecule has 0 amide bonds. The molecule has 156 valence electrons. The van der Waals surface area contributed by atoms with Gasteiger partial charge in [0.15, 0.2) is 11.5 Å². The monoisotopic (exact) mass is 414 g/mol. The lowest BCUT2D eigenvalue weighted by Crippen LogP contribution is -2.20. The van der Waals surface area contributed by atoms with Crippen LogP contribution in [0.1, 0.15) is 21.8 Å². The Morgan fingerprint density at radius 1 is 1.10 bits per heavy atom. The number of hydrogen-bond donors (Lipinski definition) is 1. The lowest BCUT2D eigenvalue weighted by Gasteiger charge is -2.23. The number of fused-ring (bicyclic) bond motifs is 1. The van der Waals surface area contributed by atoms with Crippen LogP contribution in [0.4, 0.5) is 5.82 Å². The van der Waals surface area contributed by atoms with Crippen molar-refractivity contribution in [2.45, 2.75) is 5.92 Å². The number of carbonyl (C=O) groups is 1. The second-order valence-corrected chi connectivity index (χ2v) is 6.89. The highest BCUT2D eigenvalue weighted by Crippen LogP contribution is 2.36. The number of aromatic nitrogens is 3. The first-order valence-corrected chi connectivity index (χ1v) is 9.89. The fraction of sp³-hybridized carbons (Fsp3) is 0.167. The smallest absolute Gasteiger partial charge is 0.257 e. The number of allylic oxidation sites excluding steroid dienone is 1. The molecule has 7 heteroatoms. The van der Waals surface area contributed by atoms with Gasteiger partial charge in [0, 0.05) is 41.4 Å². The maximum Gasteiger partial charge on any atom is 0.257 e. The first-order valence-electron chi connectivity index (χ1n) is 9.89. The van der Waals surface area contributed by atoms with Crippen LogP contribution in [0.5, 0.6) is 11.6 Å². The quantitative estimate of drug-likeness (QED) is 0.338. The van der Waals surface area contributed by atoms with Crippen molar-refractivity contribution in [3.63, 3.8) is 0 Å². The average Bonchev–Trinajstić information content (AvgIpc) is 2.84. The number of benzene rings is 1. The Bertz CT molecular complexity index is 1110. The Balaban J connectivity index is 1.50. The second kappa shape index (κ2) is 9.21. The molecule has 31 heavy (non-hydrogen) atoms. The van der Waals surface area contributed by atoms with Crippen LogP contribution in [-0.4, -0.2) is 40.5 Å². The molecule has 0 saturated heterocycles. The maximum atomic E-state index is 11.7. The number of nitrogens with one attached hydrogen (secondary N) is 1. The van der Waals surface area contributed by atoms with Crippen molar-refractivity contribution in [2.75, 3.05) is 25.1 Å². The molecule has 0 radical (unpaired) electrons. The van der Waals surface area contributed by atoms with Crippen LogP contribution in [-0.2, 0) is 0 Å². The summed E-state index contributed by atoms with van der Waals surface area (Å²) in [5, 5.41) is 3.34. The number of ether oxygens (including phenoxy) is 2. The molecule has 2 aromatic heterocycles. The summed E-state index contributed by atoms with van der Waals surface area (Å²) in [6.07, 6.45) is 6.38. The third kappa shape index (κ3) is 4.45. The Kier molecular flexibility index (Phi) is 6.03. The number of anilines is 1. The molecule has 0 saturated carbocycles. The zero-order valence-corrected chi connectivity index (χ0v) is 17.0. The molecule has 1 aliphatic rings. The average molecular weight is 414 g/mol. The lowest BCUT2D eigenvalue weighted by molar-refractivity contribution is 0.104. The summed E-state index contributed by atoms with van der Waals surface area (Å²) in [6.45, 7) is 9.03. The molecule has 1 aliphatic heterocycles. The van der Waals surface area contributed by atoms with Crippen molar-refractivity contribution in [3.05, 3.63) is 85.4 Å². The van der Waals surface area contributed by atoms with E-state index in [9.17, 15) is 4.79 Å². The number of nitrogens with zero attached hydrogens (tertiary/aromatic N) is 3. The zero-order chi connectivity index (χ0) is 21.6. The van der Waals surface area contributed by atoms with E-state index < -0.39 is 0 Å². The van der Waals surface area contributed by atoms with Gasteiger partial charge in [-0.3, -0.25) is 4.79 Å². The topological polar surface area (TPSA) is 86.2 Å². The van der Waals surface area contributed by atoms with Crippen molar-refractivity contribution in [3.8, 4) is 22.9 Å². The standard InChI is InChI=1S/C24H22N4O3/c1-3-16(19-9-10-25-24-23(19)30-11-12-31-24)14-26-22-13-20(27-15-28-22)17-5-7-18(8-6-17)21(29)4-2/h3-10,13,15-16H,1-2,11-12,14H2,(H,26,27,28)/t16-/m1/s1. The van der Waals surface area contributed by atoms with Gasteiger partial charge in [-0.25, -0.2) is 15.0 Å². The van der Waals surface area contributed by atoms with Crippen LogP contribution in [0.15, 0.2) is 74.2 Å². The highest BCUT2D eigenvalue weighted by atomic mass is 16.6. The molecule has 4 rings (SSSR count). The summed E-state index contributed by atoms with van der Waals surface area (Å²) in [7, 11) is 0. The van der Waals surface area contributed by atoms with E-state index in [-0.39, 0.29) is 11.7 Å². The SMILES string of the molecule is C=CC(=O)c1ccc(-c2cc(NC[C@@H](C=C)c3ccnc4c3OCCO4)ncn2)cc1.